The monoisotopic (exact) mass is 313 g/mol. The largest absolute Gasteiger partial charge is 0.489 e. The zero-order chi connectivity index (χ0) is 16.2. The van der Waals surface area contributed by atoms with Crippen LogP contribution >= 0.6 is 0 Å². The molecule has 0 amide bonds. The first kappa shape index (κ1) is 14.3. The minimum atomic E-state index is 0.536. The van der Waals surface area contributed by atoms with E-state index >= 15 is 0 Å². The maximum atomic E-state index is 5.88. The molecule has 4 nitrogen and oxygen atoms in total. The molecule has 0 aliphatic carbocycles. The van der Waals surface area contributed by atoms with E-state index in [0.717, 1.165) is 33.5 Å². The van der Waals surface area contributed by atoms with Gasteiger partial charge in [-0.05, 0) is 29.8 Å². The van der Waals surface area contributed by atoms with Crippen molar-refractivity contribution in [2.75, 3.05) is 0 Å². The first-order chi connectivity index (χ1) is 11.9. The molecule has 24 heavy (non-hydrogen) atoms. The second-order valence-corrected chi connectivity index (χ2v) is 5.41. The lowest BCUT2D eigenvalue weighted by Crippen LogP contribution is -1.96. The molecule has 0 saturated carbocycles. The number of ether oxygens (including phenoxy) is 1. The zero-order valence-electron chi connectivity index (χ0n) is 13.0. The molecule has 0 fully saturated rings. The van der Waals surface area contributed by atoms with Crippen LogP contribution in [0.1, 0.15) is 5.56 Å². The van der Waals surface area contributed by atoms with E-state index in [-0.39, 0.29) is 0 Å². The second kappa shape index (κ2) is 6.46. The normalized spacial score (nSPS) is 10.7. The van der Waals surface area contributed by atoms with E-state index in [2.05, 4.69) is 15.0 Å². The summed E-state index contributed by atoms with van der Waals surface area (Å²) < 4.78 is 5.88. The van der Waals surface area contributed by atoms with Crippen molar-refractivity contribution in [2.45, 2.75) is 6.61 Å². The van der Waals surface area contributed by atoms with E-state index in [4.69, 9.17) is 4.74 Å². The number of benzene rings is 2. The van der Waals surface area contributed by atoms with Crippen molar-refractivity contribution >= 4 is 10.9 Å². The Kier molecular flexibility index (Phi) is 3.86. The van der Waals surface area contributed by atoms with Crippen LogP contribution in [-0.2, 0) is 6.61 Å². The van der Waals surface area contributed by atoms with Crippen LogP contribution < -0.4 is 4.74 Å². The first-order valence-electron chi connectivity index (χ1n) is 7.72. The van der Waals surface area contributed by atoms with Crippen LogP contribution in [0.3, 0.4) is 0 Å². The maximum Gasteiger partial charge on any atom is 0.122 e. The topological polar surface area (TPSA) is 47.9 Å². The van der Waals surface area contributed by atoms with Crippen molar-refractivity contribution in [2.24, 2.45) is 0 Å². The van der Waals surface area contributed by atoms with E-state index in [0.29, 0.717) is 6.61 Å². The second-order valence-electron chi connectivity index (χ2n) is 5.41. The van der Waals surface area contributed by atoms with Gasteiger partial charge in [0.2, 0.25) is 0 Å². The number of hydrogen-bond donors (Lipinski definition) is 0. The molecule has 0 spiro atoms. The quantitative estimate of drug-likeness (QED) is 0.564. The molecule has 0 atom stereocenters. The summed E-state index contributed by atoms with van der Waals surface area (Å²) in [5, 5.41) is 0.996. The van der Waals surface area contributed by atoms with Gasteiger partial charge in [0.1, 0.15) is 18.7 Å². The molecule has 0 unspecified atom stereocenters. The Bertz CT molecular complexity index is 956. The Morgan fingerprint density at radius 3 is 2.50 bits per heavy atom. The minimum Gasteiger partial charge on any atom is -0.489 e. The molecule has 116 valence electrons. The molecular weight excluding hydrogens is 298 g/mol. The van der Waals surface area contributed by atoms with Crippen LogP contribution in [0.15, 0.2) is 79.4 Å². The van der Waals surface area contributed by atoms with Gasteiger partial charge in [0.25, 0.3) is 0 Å². The Balaban J connectivity index is 1.65. The van der Waals surface area contributed by atoms with E-state index in [1.165, 1.54) is 0 Å². The number of aromatic nitrogens is 3. The lowest BCUT2D eigenvalue weighted by molar-refractivity contribution is 0.306. The van der Waals surface area contributed by atoms with Crippen molar-refractivity contribution in [1.82, 2.24) is 15.0 Å². The third kappa shape index (κ3) is 2.94. The zero-order valence-corrected chi connectivity index (χ0v) is 13.0. The van der Waals surface area contributed by atoms with Gasteiger partial charge in [0, 0.05) is 29.4 Å². The molecule has 0 aliphatic rings. The van der Waals surface area contributed by atoms with E-state index in [1.54, 1.807) is 18.7 Å². The standard InChI is InChI=1S/C20H15N3O/c1-2-4-15(5-3-1)13-24-17-6-7-18-19(12-17)22-14-23-20(18)16-8-10-21-11-9-16/h1-12,14H,13H2. The summed E-state index contributed by atoms with van der Waals surface area (Å²) >= 11 is 0. The summed E-state index contributed by atoms with van der Waals surface area (Å²) in [6, 6.07) is 19.9. The highest BCUT2D eigenvalue weighted by molar-refractivity contribution is 5.92. The fourth-order valence-electron chi connectivity index (χ4n) is 2.61. The Hall–Kier alpha value is -3.27. The highest BCUT2D eigenvalue weighted by Gasteiger charge is 2.07. The van der Waals surface area contributed by atoms with Gasteiger partial charge in [0.15, 0.2) is 0 Å². The summed E-state index contributed by atoms with van der Waals surface area (Å²) in [5.74, 6) is 0.797. The van der Waals surface area contributed by atoms with Gasteiger partial charge < -0.3 is 4.74 Å². The number of hydrogen-bond acceptors (Lipinski definition) is 4. The molecule has 0 N–H and O–H groups in total. The average molecular weight is 313 g/mol. The molecule has 0 aliphatic heterocycles. The maximum absolute atomic E-state index is 5.88. The van der Waals surface area contributed by atoms with Gasteiger partial charge in [0.05, 0.1) is 11.2 Å². The van der Waals surface area contributed by atoms with Gasteiger partial charge in [-0.2, -0.15) is 0 Å². The Labute approximate surface area is 139 Å². The van der Waals surface area contributed by atoms with Gasteiger partial charge in [-0.1, -0.05) is 30.3 Å². The molecule has 0 saturated heterocycles. The Morgan fingerprint density at radius 2 is 1.67 bits per heavy atom. The van der Waals surface area contributed by atoms with Gasteiger partial charge in [-0.25, -0.2) is 9.97 Å². The SMILES string of the molecule is c1ccc(COc2ccc3c(-c4ccncc4)ncnc3c2)cc1. The summed E-state index contributed by atoms with van der Waals surface area (Å²) in [4.78, 5) is 12.9. The van der Waals surface area contributed by atoms with Crippen molar-refractivity contribution < 1.29 is 4.74 Å². The molecule has 0 bridgehead atoms. The van der Waals surface area contributed by atoms with Crippen LogP contribution in [0.4, 0.5) is 0 Å². The van der Waals surface area contributed by atoms with Gasteiger partial charge in [-0.15, -0.1) is 0 Å². The molecule has 4 heteroatoms. The van der Waals surface area contributed by atoms with Crippen LogP contribution in [0.5, 0.6) is 5.75 Å². The molecule has 4 rings (SSSR count). The third-order valence-corrected chi connectivity index (χ3v) is 3.81. The molecule has 2 heterocycles. The van der Waals surface area contributed by atoms with Gasteiger partial charge >= 0.3 is 0 Å². The van der Waals surface area contributed by atoms with E-state index < -0.39 is 0 Å². The number of nitrogens with zero attached hydrogens (tertiary/aromatic N) is 3. The fraction of sp³-hybridized carbons (Fsp3) is 0.0500. The highest BCUT2D eigenvalue weighted by atomic mass is 16.5. The van der Waals surface area contributed by atoms with E-state index in [9.17, 15) is 0 Å². The lowest BCUT2D eigenvalue weighted by atomic mass is 10.1. The third-order valence-electron chi connectivity index (χ3n) is 3.81. The van der Waals surface area contributed by atoms with Crippen molar-refractivity contribution in [3.05, 3.63) is 84.9 Å². The molecule has 2 aromatic heterocycles. The van der Waals surface area contributed by atoms with Crippen molar-refractivity contribution in [3.8, 4) is 17.0 Å². The summed E-state index contributed by atoms with van der Waals surface area (Å²) in [6.07, 6.45) is 5.11. The fourth-order valence-corrected chi connectivity index (χ4v) is 2.61. The number of fused-ring (bicyclic) bond motifs is 1. The number of rotatable bonds is 4. The lowest BCUT2D eigenvalue weighted by Gasteiger charge is -2.09. The first-order valence-corrected chi connectivity index (χ1v) is 7.72. The Morgan fingerprint density at radius 1 is 0.833 bits per heavy atom. The van der Waals surface area contributed by atoms with Crippen molar-refractivity contribution in [1.29, 1.82) is 0 Å². The number of pyridine rings is 1. The predicted molar refractivity (Wildman–Crippen MR) is 93.5 cm³/mol. The smallest absolute Gasteiger partial charge is 0.122 e. The molecular formula is C20H15N3O. The highest BCUT2D eigenvalue weighted by Crippen LogP contribution is 2.27. The van der Waals surface area contributed by atoms with Crippen LogP contribution in [0.25, 0.3) is 22.2 Å². The van der Waals surface area contributed by atoms with Gasteiger partial charge in [-0.3, -0.25) is 4.98 Å². The summed E-state index contributed by atoms with van der Waals surface area (Å²) in [7, 11) is 0. The van der Waals surface area contributed by atoms with Crippen LogP contribution in [0.2, 0.25) is 0 Å². The van der Waals surface area contributed by atoms with Crippen molar-refractivity contribution in [3.63, 3.8) is 0 Å². The summed E-state index contributed by atoms with van der Waals surface area (Å²) in [5.41, 5.74) is 3.92. The summed E-state index contributed by atoms with van der Waals surface area (Å²) in [6.45, 7) is 0.536. The van der Waals surface area contributed by atoms with Crippen LogP contribution in [0, 0.1) is 0 Å². The molecule has 4 aromatic rings. The predicted octanol–water partition coefficient (Wildman–Crippen LogP) is 4.27. The van der Waals surface area contributed by atoms with Crippen LogP contribution in [-0.4, -0.2) is 15.0 Å². The van der Waals surface area contributed by atoms with E-state index in [1.807, 2.05) is 60.7 Å². The average Bonchev–Trinajstić information content (AvgIpc) is 2.67. The molecule has 0 radical (unpaired) electrons. The molecule has 2 aromatic carbocycles. The minimum absolute atomic E-state index is 0.536.